The summed E-state index contributed by atoms with van der Waals surface area (Å²) in [5, 5.41) is 3.13. The largest absolute Gasteiger partial charge is 0.362 e. The van der Waals surface area contributed by atoms with Gasteiger partial charge in [-0.05, 0) is 25.5 Å². The van der Waals surface area contributed by atoms with Gasteiger partial charge in [0.05, 0.1) is 11.3 Å². The fourth-order valence-electron chi connectivity index (χ4n) is 2.90. The van der Waals surface area contributed by atoms with Gasteiger partial charge in [0, 0.05) is 45.5 Å². The Morgan fingerprint density at radius 1 is 1.45 bits per heavy atom. The summed E-state index contributed by atoms with van der Waals surface area (Å²) in [4.78, 5) is 23.2. The maximum Gasteiger partial charge on any atom is 0.255 e. The Morgan fingerprint density at radius 2 is 2.27 bits per heavy atom. The summed E-state index contributed by atoms with van der Waals surface area (Å²) in [6.07, 6.45) is 5.56. The third-order valence-electron chi connectivity index (χ3n) is 3.90. The van der Waals surface area contributed by atoms with Gasteiger partial charge >= 0.3 is 0 Å². The van der Waals surface area contributed by atoms with E-state index in [4.69, 9.17) is 0 Å². The van der Waals surface area contributed by atoms with E-state index in [9.17, 15) is 4.79 Å². The molecule has 1 atom stereocenters. The molecule has 0 radical (unpaired) electrons. The average Bonchev–Trinajstić information content (AvgIpc) is 2.86. The zero-order chi connectivity index (χ0) is 15.7. The highest BCUT2D eigenvalue weighted by Gasteiger charge is 2.23. The van der Waals surface area contributed by atoms with E-state index in [2.05, 4.69) is 19.9 Å². The number of carbonyl (C=O) groups excluding carboxylic acids is 1. The minimum atomic E-state index is -0.0675. The second-order valence-electron chi connectivity index (χ2n) is 5.93. The normalized spacial score (nSPS) is 17.0. The van der Waals surface area contributed by atoms with Crippen molar-refractivity contribution in [3.8, 4) is 0 Å². The fraction of sp³-hybridized carbons (Fsp3) is 0.438. The Labute approximate surface area is 130 Å². The average molecular weight is 299 g/mol. The van der Waals surface area contributed by atoms with Gasteiger partial charge in [-0.3, -0.25) is 4.79 Å². The molecule has 6 heteroatoms. The van der Waals surface area contributed by atoms with Crippen molar-refractivity contribution in [1.82, 2.24) is 19.9 Å². The minimum Gasteiger partial charge on any atom is -0.362 e. The van der Waals surface area contributed by atoms with Crippen molar-refractivity contribution in [2.75, 3.05) is 19.0 Å². The fourth-order valence-corrected chi connectivity index (χ4v) is 2.90. The van der Waals surface area contributed by atoms with Crippen LogP contribution in [-0.2, 0) is 13.0 Å². The quantitative estimate of drug-likeness (QED) is 0.930. The van der Waals surface area contributed by atoms with E-state index in [1.807, 2.05) is 38.2 Å². The highest BCUT2D eigenvalue weighted by atomic mass is 16.1. The van der Waals surface area contributed by atoms with Gasteiger partial charge in [-0.1, -0.05) is 0 Å². The number of hydrogen-bond acceptors (Lipinski definition) is 4. The monoisotopic (exact) mass is 299 g/mol. The zero-order valence-electron chi connectivity index (χ0n) is 13.2. The van der Waals surface area contributed by atoms with Crippen LogP contribution in [0.25, 0.3) is 0 Å². The number of carbonyl (C=O) groups is 1. The van der Waals surface area contributed by atoms with Crippen LogP contribution in [-0.4, -0.2) is 40.6 Å². The van der Waals surface area contributed by atoms with Gasteiger partial charge < -0.3 is 14.8 Å². The molecule has 1 amide bonds. The molecule has 3 heterocycles. The number of nitrogens with zero attached hydrogens (tertiary/aromatic N) is 4. The summed E-state index contributed by atoms with van der Waals surface area (Å²) in [5.74, 6) is 1.73. The summed E-state index contributed by atoms with van der Waals surface area (Å²) in [7, 11) is 3.78. The standard InChI is InChI=1S/C16H21N5O/c1-11-9-21-10-12(6-7-14(21)18-11)19-16(22)13-5-4-8-17-15(13)20(2)3/h4-5,8-9,12H,6-7,10H2,1-3H3,(H,19,22). The molecule has 2 aromatic rings. The lowest BCUT2D eigenvalue weighted by atomic mass is 10.1. The molecule has 0 fully saturated rings. The van der Waals surface area contributed by atoms with Crippen LogP contribution in [0, 0.1) is 6.92 Å². The number of pyridine rings is 1. The van der Waals surface area contributed by atoms with Crippen molar-refractivity contribution in [3.63, 3.8) is 0 Å². The first-order valence-electron chi connectivity index (χ1n) is 7.50. The lowest BCUT2D eigenvalue weighted by Gasteiger charge is -2.25. The Balaban J connectivity index is 1.73. The van der Waals surface area contributed by atoms with E-state index in [-0.39, 0.29) is 11.9 Å². The Hall–Kier alpha value is -2.37. The lowest BCUT2D eigenvalue weighted by molar-refractivity contribution is 0.0928. The summed E-state index contributed by atoms with van der Waals surface area (Å²) >= 11 is 0. The smallest absolute Gasteiger partial charge is 0.255 e. The van der Waals surface area contributed by atoms with Crippen LogP contribution >= 0.6 is 0 Å². The van der Waals surface area contributed by atoms with E-state index in [0.29, 0.717) is 11.4 Å². The first kappa shape index (κ1) is 14.6. The lowest BCUT2D eigenvalue weighted by Crippen LogP contribution is -2.41. The number of aryl methyl sites for hydroxylation is 2. The highest BCUT2D eigenvalue weighted by molar-refractivity contribution is 5.99. The zero-order valence-corrected chi connectivity index (χ0v) is 13.2. The van der Waals surface area contributed by atoms with Crippen LogP contribution in [0.2, 0.25) is 0 Å². The van der Waals surface area contributed by atoms with E-state index in [1.165, 1.54) is 0 Å². The molecule has 3 rings (SSSR count). The molecule has 0 bridgehead atoms. The van der Waals surface area contributed by atoms with E-state index in [1.54, 1.807) is 12.3 Å². The number of imidazole rings is 1. The molecule has 1 aliphatic heterocycles. The van der Waals surface area contributed by atoms with Crippen molar-refractivity contribution < 1.29 is 4.79 Å². The van der Waals surface area contributed by atoms with E-state index in [0.717, 1.165) is 30.9 Å². The topological polar surface area (TPSA) is 63.1 Å². The van der Waals surface area contributed by atoms with Gasteiger partial charge in [-0.15, -0.1) is 0 Å². The van der Waals surface area contributed by atoms with Gasteiger partial charge in [-0.2, -0.15) is 0 Å². The molecular formula is C16H21N5O. The van der Waals surface area contributed by atoms with E-state index >= 15 is 0 Å². The number of amides is 1. The second-order valence-corrected chi connectivity index (χ2v) is 5.93. The third-order valence-corrected chi connectivity index (χ3v) is 3.90. The van der Waals surface area contributed by atoms with Gasteiger partial charge in [0.15, 0.2) is 0 Å². The van der Waals surface area contributed by atoms with Crippen molar-refractivity contribution >= 4 is 11.7 Å². The van der Waals surface area contributed by atoms with E-state index < -0.39 is 0 Å². The molecule has 1 N–H and O–H groups in total. The third kappa shape index (κ3) is 2.81. The Kier molecular flexibility index (Phi) is 3.83. The molecule has 1 unspecified atom stereocenters. The van der Waals surface area contributed by atoms with Crippen molar-refractivity contribution in [1.29, 1.82) is 0 Å². The summed E-state index contributed by atoms with van der Waals surface area (Å²) in [6.45, 7) is 2.78. The van der Waals surface area contributed by atoms with Crippen LogP contribution in [0.3, 0.4) is 0 Å². The molecule has 6 nitrogen and oxygen atoms in total. The number of aromatic nitrogens is 3. The molecule has 0 aromatic carbocycles. The number of fused-ring (bicyclic) bond motifs is 1. The molecule has 116 valence electrons. The molecule has 0 saturated carbocycles. The van der Waals surface area contributed by atoms with Crippen molar-refractivity contribution in [2.24, 2.45) is 0 Å². The van der Waals surface area contributed by atoms with Crippen LogP contribution < -0.4 is 10.2 Å². The second kappa shape index (κ2) is 5.79. The first-order chi connectivity index (χ1) is 10.5. The van der Waals surface area contributed by atoms with Gasteiger partial charge in [0.25, 0.3) is 5.91 Å². The summed E-state index contributed by atoms with van der Waals surface area (Å²) < 4.78 is 2.14. The van der Waals surface area contributed by atoms with Gasteiger partial charge in [0.1, 0.15) is 11.6 Å². The molecule has 2 aromatic heterocycles. The SMILES string of the molecule is Cc1cn2c(n1)CCC(NC(=O)c1cccnc1N(C)C)C2. The molecule has 0 aliphatic carbocycles. The van der Waals surface area contributed by atoms with Gasteiger partial charge in [-0.25, -0.2) is 9.97 Å². The summed E-state index contributed by atoms with van der Waals surface area (Å²) in [6, 6.07) is 3.73. The molecule has 1 aliphatic rings. The van der Waals surface area contributed by atoms with Crippen LogP contribution in [0.15, 0.2) is 24.5 Å². The predicted molar refractivity (Wildman–Crippen MR) is 85.1 cm³/mol. The number of hydrogen-bond donors (Lipinski definition) is 1. The Bertz CT molecular complexity index is 692. The van der Waals surface area contributed by atoms with Crippen LogP contribution in [0.4, 0.5) is 5.82 Å². The highest BCUT2D eigenvalue weighted by Crippen LogP contribution is 2.18. The minimum absolute atomic E-state index is 0.0675. The van der Waals surface area contributed by atoms with Crippen molar-refractivity contribution in [2.45, 2.75) is 32.4 Å². The molecule has 0 saturated heterocycles. The van der Waals surface area contributed by atoms with Crippen LogP contribution in [0.1, 0.15) is 28.3 Å². The molecular weight excluding hydrogens is 278 g/mol. The van der Waals surface area contributed by atoms with Gasteiger partial charge in [0.2, 0.25) is 0 Å². The molecule has 0 spiro atoms. The number of rotatable bonds is 3. The predicted octanol–water partition coefficient (Wildman–Crippen LogP) is 1.40. The van der Waals surface area contributed by atoms with Crippen molar-refractivity contribution in [3.05, 3.63) is 41.6 Å². The van der Waals surface area contributed by atoms with Crippen LogP contribution in [0.5, 0.6) is 0 Å². The Morgan fingerprint density at radius 3 is 3.05 bits per heavy atom. The summed E-state index contributed by atoms with van der Waals surface area (Å²) in [5.41, 5.74) is 1.64. The number of anilines is 1. The number of nitrogens with one attached hydrogen (secondary N) is 1. The maximum atomic E-state index is 12.6. The maximum absolute atomic E-state index is 12.6. The first-order valence-corrected chi connectivity index (χ1v) is 7.50. The molecule has 22 heavy (non-hydrogen) atoms.